The van der Waals surface area contributed by atoms with E-state index in [9.17, 15) is 0 Å². The van der Waals surface area contributed by atoms with Crippen LogP contribution in [0, 0.1) is 0 Å². The third-order valence-corrected chi connectivity index (χ3v) is 11.4. The molecule has 11 rings (SSSR count). The maximum atomic E-state index is 4.34. The van der Waals surface area contributed by atoms with Crippen LogP contribution < -0.4 is 4.90 Å². The summed E-state index contributed by atoms with van der Waals surface area (Å²) in [4.78, 5) is 10.9. The molecule has 5 heteroatoms. The Labute approximate surface area is 342 Å². The van der Waals surface area contributed by atoms with Crippen molar-refractivity contribution < 1.29 is 0 Å². The van der Waals surface area contributed by atoms with Gasteiger partial charge in [0, 0.05) is 75.6 Å². The van der Waals surface area contributed by atoms with Gasteiger partial charge in [-0.2, -0.15) is 0 Å². The van der Waals surface area contributed by atoms with Crippen molar-refractivity contribution in [3.8, 4) is 44.8 Å². The molecule has 4 heterocycles. The van der Waals surface area contributed by atoms with Crippen molar-refractivity contribution in [1.29, 1.82) is 0 Å². The lowest BCUT2D eigenvalue weighted by Crippen LogP contribution is -2.09. The zero-order valence-corrected chi connectivity index (χ0v) is 32.1. The molecule has 0 radical (unpaired) electrons. The number of anilines is 3. The molecular weight excluding hydrogens is 719 g/mol. The van der Waals surface area contributed by atoms with E-state index in [0.29, 0.717) is 0 Å². The van der Waals surface area contributed by atoms with Crippen LogP contribution in [0.15, 0.2) is 225 Å². The molecule has 0 saturated carbocycles. The Kier molecular flexibility index (Phi) is 8.41. The fourth-order valence-electron chi connectivity index (χ4n) is 8.52. The summed E-state index contributed by atoms with van der Waals surface area (Å²) in [5.74, 6) is 0. The molecule has 0 unspecified atom stereocenters. The van der Waals surface area contributed by atoms with E-state index in [1.807, 2.05) is 43.0 Å². The van der Waals surface area contributed by atoms with Crippen LogP contribution in [-0.2, 0) is 0 Å². The van der Waals surface area contributed by atoms with Gasteiger partial charge in [0.15, 0.2) is 0 Å². The molecule has 7 aromatic carbocycles. The molecule has 5 nitrogen and oxygen atoms in total. The van der Waals surface area contributed by atoms with Crippen molar-refractivity contribution in [3.63, 3.8) is 0 Å². The normalized spacial score (nSPS) is 11.4. The first-order valence-corrected chi connectivity index (χ1v) is 19.9. The highest BCUT2D eigenvalue weighted by Gasteiger charge is 2.19. The van der Waals surface area contributed by atoms with Crippen LogP contribution in [0.1, 0.15) is 0 Å². The van der Waals surface area contributed by atoms with Crippen LogP contribution in [0.2, 0.25) is 0 Å². The predicted octanol–water partition coefficient (Wildman–Crippen LogP) is 14.0. The topological polar surface area (TPSA) is 38.9 Å². The number of rotatable bonds is 8. The SMILES string of the molecule is c1ccc(-n2ccc3c4c5cc(-c6ccc(N(c7ccc(-c8ccncc8)cc7)c7ccc(-c8cccnc8)cc7)cc6)ccc5n(-c5ccccc5)c4ccc32)cc1. The zero-order valence-electron chi connectivity index (χ0n) is 32.1. The second-order valence-electron chi connectivity index (χ2n) is 14.8. The molecule has 0 amide bonds. The van der Waals surface area contributed by atoms with Crippen LogP contribution in [0.4, 0.5) is 17.1 Å². The summed E-state index contributed by atoms with van der Waals surface area (Å²) in [7, 11) is 0. The van der Waals surface area contributed by atoms with Crippen LogP contribution in [0.25, 0.3) is 77.5 Å². The van der Waals surface area contributed by atoms with E-state index in [0.717, 1.165) is 56.3 Å². The second-order valence-corrected chi connectivity index (χ2v) is 14.8. The minimum Gasteiger partial charge on any atom is -0.317 e. The Morgan fingerprint density at radius 3 is 1.53 bits per heavy atom. The van der Waals surface area contributed by atoms with Crippen LogP contribution in [0.3, 0.4) is 0 Å². The summed E-state index contributed by atoms with van der Waals surface area (Å²) >= 11 is 0. The first-order chi connectivity index (χ1) is 29.3. The highest BCUT2D eigenvalue weighted by Crippen LogP contribution is 2.41. The minimum atomic E-state index is 1.07. The monoisotopic (exact) mass is 755 g/mol. The van der Waals surface area contributed by atoms with Crippen LogP contribution in [-0.4, -0.2) is 19.1 Å². The van der Waals surface area contributed by atoms with Crippen molar-refractivity contribution >= 4 is 49.8 Å². The molecule has 0 bridgehead atoms. The maximum Gasteiger partial charge on any atom is 0.0548 e. The average molecular weight is 756 g/mol. The van der Waals surface area contributed by atoms with E-state index in [2.05, 4.69) is 206 Å². The van der Waals surface area contributed by atoms with Crippen LogP contribution >= 0.6 is 0 Å². The van der Waals surface area contributed by atoms with E-state index in [1.165, 1.54) is 38.3 Å². The van der Waals surface area contributed by atoms with Gasteiger partial charge in [0.2, 0.25) is 0 Å². The summed E-state index contributed by atoms with van der Waals surface area (Å²) in [6.07, 6.45) is 9.58. The quantitative estimate of drug-likeness (QED) is 0.155. The molecule has 4 aromatic heterocycles. The van der Waals surface area contributed by atoms with Gasteiger partial charge in [-0.05, 0) is 143 Å². The van der Waals surface area contributed by atoms with E-state index < -0.39 is 0 Å². The van der Waals surface area contributed by atoms with Crippen molar-refractivity contribution in [2.45, 2.75) is 0 Å². The molecule has 11 aromatic rings. The van der Waals surface area contributed by atoms with E-state index in [-0.39, 0.29) is 0 Å². The number of hydrogen-bond acceptors (Lipinski definition) is 3. The molecule has 278 valence electrons. The third-order valence-electron chi connectivity index (χ3n) is 11.4. The Balaban J connectivity index is 1.02. The molecule has 59 heavy (non-hydrogen) atoms. The molecule has 0 fully saturated rings. The average Bonchev–Trinajstić information content (AvgIpc) is 3.90. The number of aromatic nitrogens is 4. The Hall–Kier alpha value is -8.02. The van der Waals surface area contributed by atoms with Gasteiger partial charge in [-0.15, -0.1) is 0 Å². The van der Waals surface area contributed by atoms with Gasteiger partial charge in [0.25, 0.3) is 0 Å². The van der Waals surface area contributed by atoms with Crippen LogP contribution in [0.5, 0.6) is 0 Å². The standard InChI is InChI=1S/C54H37N5/c1-3-9-44(10-4-1)57-35-31-49-51(57)27-28-53-54(49)50-36-42(19-26-52(50)59(53)45-11-5-2-6-12-45)39-15-22-47(23-16-39)58(46-20-13-38(14-21-46)41-29-33-55-34-30-41)48-24-17-40(18-25-48)43-8-7-32-56-37-43/h1-37H. The van der Waals surface area contributed by atoms with Gasteiger partial charge >= 0.3 is 0 Å². The minimum absolute atomic E-state index is 1.07. The third kappa shape index (κ3) is 6.13. The summed E-state index contributed by atoms with van der Waals surface area (Å²) in [6, 6.07) is 69.6. The summed E-state index contributed by atoms with van der Waals surface area (Å²) < 4.78 is 4.68. The first-order valence-electron chi connectivity index (χ1n) is 19.9. The number of para-hydroxylation sites is 2. The number of hydrogen-bond donors (Lipinski definition) is 0. The van der Waals surface area contributed by atoms with Gasteiger partial charge in [-0.3, -0.25) is 9.97 Å². The van der Waals surface area contributed by atoms with Gasteiger partial charge in [0.05, 0.1) is 16.6 Å². The van der Waals surface area contributed by atoms with E-state index in [1.54, 1.807) is 0 Å². The molecule has 0 aliphatic rings. The largest absolute Gasteiger partial charge is 0.317 e. The molecule has 0 saturated heterocycles. The highest BCUT2D eigenvalue weighted by atomic mass is 15.1. The highest BCUT2D eigenvalue weighted by molar-refractivity contribution is 6.21. The maximum absolute atomic E-state index is 4.34. The number of benzene rings is 7. The molecule has 0 aliphatic heterocycles. The predicted molar refractivity (Wildman–Crippen MR) is 244 cm³/mol. The molecular formula is C54H37N5. The summed E-state index contributed by atoms with van der Waals surface area (Å²) in [5.41, 5.74) is 15.9. The molecule has 0 spiro atoms. The number of fused-ring (bicyclic) bond motifs is 5. The molecule has 0 aliphatic carbocycles. The van der Waals surface area contributed by atoms with Gasteiger partial charge in [-0.1, -0.05) is 84.9 Å². The lowest BCUT2D eigenvalue weighted by Gasteiger charge is -2.26. The lowest BCUT2D eigenvalue weighted by atomic mass is 10.0. The number of pyridine rings is 2. The Morgan fingerprint density at radius 1 is 0.356 bits per heavy atom. The van der Waals surface area contributed by atoms with Gasteiger partial charge in [-0.25, -0.2) is 0 Å². The van der Waals surface area contributed by atoms with Crippen molar-refractivity contribution in [2.75, 3.05) is 4.90 Å². The summed E-state index contributed by atoms with van der Waals surface area (Å²) in [6.45, 7) is 0. The zero-order chi connectivity index (χ0) is 39.1. The van der Waals surface area contributed by atoms with Crippen molar-refractivity contribution in [3.05, 3.63) is 225 Å². The van der Waals surface area contributed by atoms with Gasteiger partial charge < -0.3 is 14.0 Å². The van der Waals surface area contributed by atoms with Crippen molar-refractivity contribution in [2.24, 2.45) is 0 Å². The Bertz CT molecular complexity index is 3130. The lowest BCUT2D eigenvalue weighted by molar-refractivity contribution is 1.13. The second kappa shape index (κ2) is 14.5. The number of nitrogens with zero attached hydrogens (tertiary/aromatic N) is 5. The fourth-order valence-corrected chi connectivity index (χ4v) is 8.52. The van der Waals surface area contributed by atoms with Crippen molar-refractivity contribution in [1.82, 2.24) is 19.1 Å². The smallest absolute Gasteiger partial charge is 0.0548 e. The fraction of sp³-hybridized carbons (Fsp3) is 0. The summed E-state index contributed by atoms with van der Waals surface area (Å²) in [5, 5.41) is 3.72. The van der Waals surface area contributed by atoms with E-state index in [4.69, 9.17) is 0 Å². The Morgan fingerprint density at radius 2 is 0.898 bits per heavy atom. The molecule has 0 atom stereocenters. The first kappa shape index (κ1) is 34.2. The van der Waals surface area contributed by atoms with Gasteiger partial charge in [0.1, 0.15) is 0 Å². The molecule has 0 N–H and O–H groups in total. The van der Waals surface area contributed by atoms with E-state index >= 15 is 0 Å².